The minimum absolute atomic E-state index is 0.0538. The van der Waals surface area contributed by atoms with E-state index in [9.17, 15) is 4.79 Å². The van der Waals surface area contributed by atoms with Gasteiger partial charge in [-0.1, -0.05) is 33.4 Å². The summed E-state index contributed by atoms with van der Waals surface area (Å²) in [5.74, 6) is -0.0984. The van der Waals surface area contributed by atoms with Gasteiger partial charge in [0, 0.05) is 15.9 Å². The van der Waals surface area contributed by atoms with Crippen LogP contribution in [0, 0.1) is 0 Å². The molecule has 110 valence electrons. The van der Waals surface area contributed by atoms with E-state index in [1.54, 1.807) is 6.08 Å². The monoisotopic (exact) mass is 302 g/mol. The molecule has 3 atom stereocenters. The first-order valence-corrected chi connectivity index (χ1v) is 9.79. The Kier molecular flexibility index (Phi) is 7.37. The van der Waals surface area contributed by atoms with Crippen LogP contribution in [0.4, 0.5) is 0 Å². The van der Waals surface area contributed by atoms with Crippen LogP contribution >= 0.6 is 9.47 Å². The molecule has 0 aliphatic heterocycles. The van der Waals surface area contributed by atoms with Gasteiger partial charge in [0.15, 0.2) is 14.1 Å². The van der Waals surface area contributed by atoms with Crippen molar-refractivity contribution in [3.05, 3.63) is 25.3 Å². The highest BCUT2D eigenvalue weighted by Gasteiger charge is 2.40. The van der Waals surface area contributed by atoms with Crippen molar-refractivity contribution in [3.63, 3.8) is 0 Å². The molecule has 0 spiro atoms. The van der Waals surface area contributed by atoms with Crippen molar-refractivity contribution in [1.82, 2.24) is 0 Å². The number of hydrogen-bond acceptors (Lipinski definition) is 3. The molecule has 0 aliphatic carbocycles. The molecule has 1 unspecified atom stereocenters. The molecule has 0 aliphatic rings. The van der Waals surface area contributed by atoms with Crippen LogP contribution in [0.25, 0.3) is 0 Å². The van der Waals surface area contributed by atoms with Gasteiger partial charge in [-0.2, -0.15) is 0 Å². The van der Waals surface area contributed by atoms with Gasteiger partial charge in [0.1, 0.15) is 6.10 Å². The van der Waals surface area contributed by atoms with Crippen molar-refractivity contribution in [1.29, 1.82) is 0 Å². The fourth-order valence-corrected chi connectivity index (χ4v) is 2.80. The Labute approximate surface area is 120 Å². The third kappa shape index (κ3) is 5.70. The van der Waals surface area contributed by atoms with Gasteiger partial charge in [0.05, 0.1) is 6.10 Å². The van der Waals surface area contributed by atoms with Crippen molar-refractivity contribution < 1.29 is 13.7 Å². The summed E-state index contributed by atoms with van der Waals surface area (Å²) >= 11 is 0. The minimum Gasteiger partial charge on any atom is -0.406 e. The van der Waals surface area contributed by atoms with E-state index >= 15 is 0 Å². The molecule has 0 N–H and O–H groups in total. The van der Waals surface area contributed by atoms with Crippen LogP contribution in [-0.4, -0.2) is 26.3 Å². The predicted molar refractivity (Wildman–Crippen MR) is 86.7 cm³/mol. The zero-order valence-electron chi connectivity index (χ0n) is 12.7. The average Bonchev–Trinajstić information content (AvgIpc) is 2.31. The molecule has 0 heterocycles. The Balaban J connectivity index is 5.03. The Morgan fingerprint density at radius 2 is 1.89 bits per heavy atom. The van der Waals surface area contributed by atoms with Gasteiger partial charge in [-0.25, -0.2) is 0 Å². The minimum atomic E-state index is -2.00. The SMILES string of the molecule is C=CC(=O)[C@H](C[C@@H](C=C)OP)O[Si](C)(C)C(C)(C)C. The van der Waals surface area contributed by atoms with Crippen molar-refractivity contribution in [2.24, 2.45) is 0 Å². The first-order valence-electron chi connectivity index (χ1n) is 6.41. The van der Waals surface area contributed by atoms with E-state index in [1.165, 1.54) is 6.08 Å². The van der Waals surface area contributed by atoms with Crippen LogP contribution in [0.5, 0.6) is 0 Å². The van der Waals surface area contributed by atoms with Crippen LogP contribution in [0.2, 0.25) is 18.1 Å². The molecule has 0 aromatic carbocycles. The lowest BCUT2D eigenvalue weighted by atomic mass is 10.1. The van der Waals surface area contributed by atoms with E-state index in [1.807, 2.05) is 0 Å². The van der Waals surface area contributed by atoms with Crippen LogP contribution in [0.1, 0.15) is 27.2 Å². The molecule has 3 nitrogen and oxygen atoms in total. The van der Waals surface area contributed by atoms with Gasteiger partial charge >= 0.3 is 0 Å². The first-order chi connectivity index (χ1) is 8.59. The maximum absolute atomic E-state index is 12.0. The standard InChI is InChI=1S/C14H27O3PSi/c1-8-11(16-18)10-13(12(15)9-2)17-19(6,7)14(3,4)5/h8-9,11,13H,1-2,10,18H2,3-7H3/t11-,13+/m1/s1. The summed E-state index contributed by atoms with van der Waals surface area (Å²) < 4.78 is 11.3. The second-order valence-corrected chi connectivity index (χ2v) is 11.1. The van der Waals surface area contributed by atoms with E-state index in [-0.39, 0.29) is 16.9 Å². The maximum Gasteiger partial charge on any atom is 0.193 e. The van der Waals surface area contributed by atoms with Gasteiger partial charge < -0.3 is 8.95 Å². The largest absolute Gasteiger partial charge is 0.406 e. The lowest BCUT2D eigenvalue weighted by molar-refractivity contribution is -0.122. The van der Waals surface area contributed by atoms with Gasteiger partial charge in [-0.05, 0) is 24.2 Å². The second kappa shape index (κ2) is 7.49. The van der Waals surface area contributed by atoms with Crippen LogP contribution < -0.4 is 0 Å². The molecule has 19 heavy (non-hydrogen) atoms. The van der Waals surface area contributed by atoms with Gasteiger partial charge in [0.25, 0.3) is 0 Å². The summed E-state index contributed by atoms with van der Waals surface area (Å²) in [6.07, 6.45) is 2.72. The quantitative estimate of drug-likeness (QED) is 0.295. The van der Waals surface area contributed by atoms with Crippen LogP contribution in [0.3, 0.4) is 0 Å². The molecule has 0 fully saturated rings. The highest BCUT2D eigenvalue weighted by Crippen LogP contribution is 2.38. The van der Waals surface area contributed by atoms with Crippen molar-refractivity contribution >= 4 is 23.6 Å². The molecular formula is C14H27O3PSi. The summed E-state index contributed by atoms with van der Waals surface area (Å²) in [4.78, 5) is 12.0. The molecule has 0 bridgehead atoms. The second-order valence-electron chi connectivity index (χ2n) is 6.12. The van der Waals surface area contributed by atoms with E-state index in [4.69, 9.17) is 8.95 Å². The summed E-state index contributed by atoms with van der Waals surface area (Å²) in [7, 11) is 0.195. The smallest absolute Gasteiger partial charge is 0.193 e. The average molecular weight is 302 g/mol. The summed E-state index contributed by atoms with van der Waals surface area (Å²) in [5, 5.41) is 0.0538. The van der Waals surface area contributed by atoms with Gasteiger partial charge in [-0.15, -0.1) is 6.58 Å². The normalized spacial score (nSPS) is 15.7. The summed E-state index contributed by atoms with van der Waals surface area (Å²) in [5.41, 5.74) is 0. The molecule has 0 aromatic rings. The zero-order chi connectivity index (χ0) is 15.3. The highest BCUT2D eigenvalue weighted by molar-refractivity contribution is 7.09. The molecule has 0 radical (unpaired) electrons. The van der Waals surface area contributed by atoms with E-state index in [2.05, 4.69) is 56.5 Å². The molecule has 0 amide bonds. The molecule has 0 saturated heterocycles. The molecule has 5 heteroatoms. The molecular weight excluding hydrogens is 275 g/mol. The number of carbonyl (C=O) groups is 1. The van der Waals surface area contributed by atoms with E-state index in [0.29, 0.717) is 6.42 Å². The topological polar surface area (TPSA) is 35.5 Å². The lowest BCUT2D eigenvalue weighted by Crippen LogP contribution is -2.46. The van der Waals surface area contributed by atoms with Crippen molar-refractivity contribution in [3.8, 4) is 0 Å². The van der Waals surface area contributed by atoms with Crippen molar-refractivity contribution in [2.75, 3.05) is 0 Å². The van der Waals surface area contributed by atoms with E-state index in [0.717, 1.165) is 0 Å². The number of carbonyl (C=O) groups excluding carboxylic acids is 1. The fourth-order valence-electron chi connectivity index (χ4n) is 1.30. The fraction of sp³-hybridized carbons (Fsp3) is 0.643. The summed E-state index contributed by atoms with van der Waals surface area (Å²) in [6, 6.07) is 0. The number of rotatable bonds is 8. The Hall–Kier alpha value is -0.283. The number of hydrogen-bond donors (Lipinski definition) is 0. The number of ketones is 1. The molecule has 0 saturated carbocycles. The third-order valence-corrected chi connectivity index (χ3v) is 8.48. The van der Waals surface area contributed by atoms with Crippen molar-refractivity contribution in [2.45, 2.75) is 57.5 Å². The summed E-state index contributed by atoms with van der Waals surface area (Å²) in [6.45, 7) is 17.9. The third-order valence-electron chi connectivity index (χ3n) is 3.65. The van der Waals surface area contributed by atoms with Gasteiger partial charge in [0.2, 0.25) is 0 Å². The highest BCUT2D eigenvalue weighted by atomic mass is 31.0. The van der Waals surface area contributed by atoms with Crippen LogP contribution in [0.15, 0.2) is 25.3 Å². The first kappa shape index (κ1) is 18.7. The predicted octanol–water partition coefficient (Wildman–Crippen LogP) is 3.88. The Bertz CT molecular complexity index is 334. The Morgan fingerprint density at radius 3 is 2.21 bits per heavy atom. The lowest BCUT2D eigenvalue weighted by Gasteiger charge is -2.39. The Morgan fingerprint density at radius 1 is 1.37 bits per heavy atom. The van der Waals surface area contributed by atoms with Gasteiger partial charge in [-0.3, -0.25) is 4.79 Å². The van der Waals surface area contributed by atoms with Crippen LogP contribution in [-0.2, 0) is 13.7 Å². The molecule has 0 rings (SSSR count). The zero-order valence-corrected chi connectivity index (χ0v) is 14.9. The molecule has 0 aromatic heterocycles. The van der Waals surface area contributed by atoms with E-state index < -0.39 is 14.4 Å². The maximum atomic E-state index is 12.0.